The van der Waals surface area contributed by atoms with Crippen molar-refractivity contribution in [3.05, 3.63) is 0 Å². The Morgan fingerprint density at radius 3 is 3.00 bits per heavy atom. The summed E-state index contributed by atoms with van der Waals surface area (Å²) in [5.41, 5.74) is 0. The second kappa shape index (κ2) is 4.64. The maximum atomic E-state index is 9.74. The van der Waals surface area contributed by atoms with Gasteiger partial charge in [-0.15, -0.1) is 0 Å². The van der Waals surface area contributed by atoms with Crippen LogP contribution < -0.4 is 10.6 Å². The molecule has 0 aromatic heterocycles. The van der Waals surface area contributed by atoms with E-state index >= 15 is 0 Å². The van der Waals surface area contributed by atoms with Crippen molar-refractivity contribution in [1.82, 2.24) is 10.6 Å². The summed E-state index contributed by atoms with van der Waals surface area (Å²) >= 11 is 0. The SMILES string of the molecule is OC1CCCCC1CNC1=NCCN1. The van der Waals surface area contributed by atoms with Gasteiger partial charge in [-0.1, -0.05) is 12.8 Å². The minimum absolute atomic E-state index is 0.113. The number of aliphatic hydroxyl groups is 1. The molecule has 2 aliphatic rings. The zero-order chi connectivity index (χ0) is 9.80. The summed E-state index contributed by atoms with van der Waals surface area (Å²) in [5, 5.41) is 16.2. The molecule has 4 nitrogen and oxygen atoms in total. The molecule has 2 atom stereocenters. The van der Waals surface area contributed by atoms with Crippen molar-refractivity contribution >= 4 is 5.96 Å². The lowest BCUT2D eigenvalue weighted by Gasteiger charge is -2.27. The van der Waals surface area contributed by atoms with Gasteiger partial charge in [0, 0.05) is 19.0 Å². The van der Waals surface area contributed by atoms with E-state index in [0.717, 1.165) is 38.4 Å². The summed E-state index contributed by atoms with van der Waals surface area (Å²) in [6.45, 7) is 2.66. The largest absolute Gasteiger partial charge is 0.393 e. The number of aliphatic hydroxyl groups excluding tert-OH is 1. The Hall–Kier alpha value is -0.770. The van der Waals surface area contributed by atoms with Gasteiger partial charge in [0.1, 0.15) is 0 Å². The smallest absolute Gasteiger partial charge is 0.191 e. The third-order valence-electron chi connectivity index (χ3n) is 3.07. The van der Waals surface area contributed by atoms with Gasteiger partial charge in [0.15, 0.2) is 5.96 Å². The highest BCUT2D eigenvalue weighted by Crippen LogP contribution is 2.23. The first kappa shape index (κ1) is 9.77. The van der Waals surface area contributed by atoms with E-state index in [0.29, 0.717) is 5.92 Å². The Kier molecular flexibility index (Phi) is 3.24. The maximum Gasteiger partial charge on any atom is 0.191 e. The molecule has 1 heterocycles. The first-order valence-corrected chi connectivity index (χ1v) is 5.56. The fourth-order valence-electron chi connectivity index (χ4n) is 2.17. The van der Waals surface area contributed by atoms with Gasteiger partial charge in [0.2, 0.25) is 0 Å². The minimum Gasteiger partial charge on any atom is -0.393 e. The molecule has 14 heavy (non-hydrogen) atoms. The van der Waals surface area contributed by atoms with Gasteiger partial charge in [-0.3, -0.25) is 4.99 Å². The van der Waals surface area contributed by atoms with Gasteiger partial charge < -0.3 is 15.7 Å². The molecule has 4 heteroatoms. The number of rotatable bonds is 2. The summed E-state index contributed by atoms with van der Waals surface area (Å²) in [6, 6.07) is 0. The predicted molar refractivity (Wildman–Crippen MR) is 56.3 cm³/mol. The summed E-state index contributed by atoms with van der Waals surface area (Å²) in [6.07, 6.45) is 4.42. The quantitative estimate of drug-likeness (QED) is 0.588. The summed E-state index contributed by atoms with van der Waals surface area (Å²) in [4.78, 5) is 4.26. The highest BCUT2D eigenvalue weighted by molar-refractivity contribution is 5.81. The molecule has 1 aliphatic carbocycles. The van der Waals surface area contributed by atoms with E-state index in [1.54, 1.807) is 0 Å². The van der Waals surface area contributed by atoms with Crippen molar-refractivity contribution in [3.8, 4) is 0 Å². The normalized spacial score (nSPS) is 32.2. The molecule has 0 spiro atoms. The van der Waals surface area contributed by atoms with Gasteiger partial charge in [0.05, 0.1) is 12.6 Å². The van der Waals surface area contributed by atoms with E-state index in [1.807, 2.05) is 0 Å². The van der Waals surface area contributed by atoms with Crippen molar-refractivity contribution in [1.29, 1.82) is 0 Å². The zero-order valence-electron chi connectivity index (χ0n) is 8.50. The number of nitrogens with one attached hydrogen (secondary N) is 2. The van der Waals surface area contributed by atoms with Crippen molar-refractivity contribution in [2.24, 2.45) is 10.9 Å². The minimum atomic E-state index is -0.113. The molecule has 1 fully saturated rings. The Balaban J connectivity index is 1.73. The zero-order valence-corrected chi connectivity index (χ0v) is 8.50. The Morgan fingerprint density at radius 2 is 2.29 bits per heavy atom. The average molecular weight is 197 g/mol. The van der Waals surface area contributed by atoms with E-state index in [2.05, 4.69) is 15.6 Å². The summed E-state index contributed by atoms with van der Waals surface area (Å²) in [7, 11) is 0. The molecule has 0 aromatic rings. The van der Waals surface area contributed by atoms with Crippen molar-refractivity contribution in [2.45, 2.75) is 31.8 Å². The number of nitrogens with zero attached hydrogens (tertiary/aromatic N) is 1. The molecule has 2 rings (SSSR count). The van der Waals surface area contributed by atoms with Crippen LogP contribution in [0.25, 0.3) is 0 Å². The second-order valence-electron chi connectivity index (χ2n) is 4.15. The Bertz CT molecular complexity index is 217. The fraction of sp³-hybridized carbons (Fsp3) is 0.900. The molecule has 3 N–H and O–H groups in total. The van der Waals surface area contributed by atoms with E-state index in [9.17, 15) is 5.11 Å². The number of aliphatic imine (C=N–C) groups is 1. The van der Waals surface area contributed by atoms with Crippen LogP contribution in [0.2, 0.25) is 0 Å². The highest BCUT2D eigenvalue weighted by atomic mass is 16.3. The first-order chi connectivity index (χ1) is 6.86. The second-order valence-corrected chi connectivity index (χ2v) is 4.15. The lowest BCUT2D eigenvalue weighted by atomic mass is 9.86. The van der Waals surface area contributed by atoms with Gasteiger partial charge in [-0.05, 0) is 12.8 Å². The van der Waals surface area contributed by atoms with E-state index in [1.165, 1.54) is 12.8 Å². The van der Waals surface area contributed by atoms with Crippen molar-refractivity contribution in [2.75, 3.05) is 19.6 Å². The lowest BCUT2D eigenvalue weighted by Crippen LogP contribution is -2.40. The van der Waals surface area contributed by atoms with Gasteiger partial charge in [-0.25, -0.2) is 0 Å². The highest BCUT2D eigenvalue weighted by Gasteiger charge is 2.23. The van der Waals surface area contributed by atoms with Crippen LogP contribution in [-0.4, -0.2) is 36.8 Å². The maximum absolute atomic E-state index is 9.74. The van der Waals surface area contributed by atoms with E-state index < -0.39 is 0 Å². The summed E-state index contributed by atoms with van der Waals surface area (Å²) in [5.74, 6) is 1.32. The van der Waals surface area contributed by atoms with Gasteiger partial charge in [0.25, 0.3) is 0 Å². The van der Waals surface area contributed by atoms with Crippen LogP contribution in [-0.2, 0) is 0 Å². The van der Waals surface area contributed by atoms with E-state index in [4.69, 9.17) is 0 Å². The molecule has 0 aromatic carbocycles. The van der Waals surface area contributed by atoms with Gasteiger partial charge in [-0.2, -0.15) is 0 Å². The van der Waals surface area contributed by atoms with Crippen LogP contribution in [0.15, 0.2) is 4.99 Å². The molecule has 1 saturated carbocycles. The molecular formula is C10H19N3O. The van der Waals surface area contributed by atoms with Crippen LogP contribution in [0.3, 0.4) is 0 Å². The number of hydrogen-bond acceptors (Lipinski definition) is 4. The van der Waals surface area contributed by atoms with Crippen LogP contribution in [0.4, 0.5) is 0 Å². The first-order valence-electron chi connectivity index (χ1n) is 5.56. The molecule has 0 amide bonds. The topological polar surface area (TPSA) is 56.6 Å². The molecule has 0 saturated heterocycles. The lowest BCUT2D eigenvalue weighted by molar-refractivity contribution is 0.0719. The Morgan fingerprint density at radius 1 is 1.43 bits per heavy atom. The standard InChI is InChI=1S/C10H19N3O/c14-9-4-2-1-3-8(9)7-13-10-11-5-6-12-10/h8-9,14H,1-7H2,(H2,11,12,13). The average Bonchev–Trinajstić information content (AvgIpc) is 2.69. The van der Waals surface area contributed by atoms with Crippen LogP contribution in [0.1, 0.15) is 25.7 Å². The van der Waals surface area contributed by atoms with Crippen molar-refractivity contribution in [3.63, 3.8) is 0 Å². The van der Waals surface area contributed by atoms with E-state index in [-0.39, 0.29) is 6.10 Å². The third-order valence-corrected chi connectivity index (χ3v) is 3.07. The molecule has 1 aliphatic heterocycles. The molecule has 0 bridgehead atoms. The Labute approximate surface area is 84.8 Å². The summed E-state index contributed by atoms with van der Waals surface area (Å²) < 4.78 is 0. The molecule has 2 unspecified atom stereocenters. The third kappa shape index (κ3) is 2.38. The van der Waals surface area contributed by atoms with Crippen LogP contribution in [0.5, 0.6) is 0 Å². The molecule has 80 valence electrons. The monoisotopic (exact) mass is 197 g/mol. The number of guanidine groups is 1. The van der Waals surface area contributed by atoms with Gasteiger partial charge >= 0.3 is 0 Å². The molecular weight excluding hydrogens is 178 g/mol. The van der Waals surface area contributed by atoms with Crippen LogP contribution in [0, 0.1) is 5.92 Å². The fourth-order valence-corrected chi connectivity index (χ4v) is 2.17. The number of hydrogen-bond donors (Lipinski definition) is 3. The van der Waals surface area contributed by atoms with Crippen molar-refractivity contribution < 1.29 is 5.11 Å². The van der Waals surface area contributed by atoms with Crippen LogP contribution >= 0.6 is 0 Å². The molecule has 0 radical (unpaired) electrons. The predicted octanol–water partition coefficient (Wildman–Crippen LogP) is 0.0863.